The van der Waals surface area contributed by atoms with Crippen molar-refractivity contribution in [2.45, 2.75) is 104 Å². The Bertz CT molecular complexity index is 602. The summed E-state index contributed by atoms with van der Waals surface area (Å²) in [5.74, 6) is -0.310. The van der Waals surface area contributed by atoms with Crippen LogP contribution in [0.25, 0.3) is 0 Å². The zero-order valence-corrected chi connectivity index (χ0v) is 17.3. The van der Waals surface area contributed by atoms with Gasteiger partial charge in [-0.25, -0.2) is 9.48 Å². The normalized spacial score (nSPS) is 18.8. The molecule has 1 heterocycles. The molecule has 1 unspecified atom stereocenters. The van der Waals surface area contributed by atoms with Crippen molar-refractivity contribution in [1.82, 2.24) is 15.0 Å². The molecule has 148 valence electrons. The summed E-state index contributed by atoms with van der Waals surface area (Å²) in [6.45, 7) is 12.3. The maximum absolute atomic E-state index is 12.2. The maximum atomic E-state index is 12.2. The van der Waals surface area contributed by atoms with Crippen molar-refractivity contribution in [2.24, 2.45) is 0 Å². The SMILES string of the molecule is CCCC(C)(C)OC(=O)COC1CCCCCc2c1nnn2C(C)(C)C. The third kappa shape index (κ3) is 5.53. The molecule has 6 heteroatoms. The molecule has 1 aromatic rings. The number of aromatic nitrogens is 3. The van der Waals surface area contributed by atoms with Crippen molar-refractivity contribution in [3.63, 3.8) is 0 Å². The minimum Gasteiger partial charge on any atom is -0.458 e. The summed E-state index contributed by atoms with van der Waals surface area (Å²) >= 11 is 0. The largest absolute Gasteiger partial charge is 0.458 e. The van der Waals surface area contributed by atoms with Crippen LogP contribution in [0, 0.1) is 0 Å². The summed E-state index contributed by atoms with van der Waals surface area (Å²) in [6, 6.07) is 0. The minimum atomic E-state index is -0.448. The van der Waals surface area contributed by atoms with Gasteiger partial charge in [-0.2, -0.15) is 0 Å². The van der Waals surface area contributed by atoms with E-state index in [4.69, 9.17) is 9.47 Å². The van der Waals surface area contributed by atoms with Gasteiger partial charge in [0, 0.05) is 0 Å². The summed E-state index contributed by atoms with van der Waals surface area (Å²) in [7, 11) is 0. The van der Waals surface area contributed by atoms with E-state index >= 15 is 0 Å². The first-order chi connectivity index (χ1) is 12.1. The number of fused-ring (bicyclic) bond motifs is 1. The Labute approximate surface area is 157 Å². The molecule has 6 nitrogen and oxygen atoms in total. The smallest absolute Gasteiger partial charge is 0.332 e. The average Bonchev–Trinajstić information content (AvgIpc) is 2.89. The Kier molecular flexibility index (Phi) is 6.83. The van der Waals surface area contributed by atoms with Crippen LogP contribution in [-0.4, -0.2) is 33.2 Å². The molecule has 0 radical (unpaired) electrons. The zero-order valence-electron chi connectivity index (χ0n) is 17.3. The standard InChI is InChI=1S/C20H35N3O3/c1-7-13-20(5,6)26-17(24)14-25-16-12-10-8-9-11-15-18(16)21-22-23(15)19(2,3)4/h16H,7-14H2,1-6H3. The van der Waals surface area contributed by atoms with Gasteiger partial charge in [0.15, 0.2) is 0 Å². The molecule has 0 fully saturated rings. The number of ether oxygens (including phenoxy) is 2. The molecule has 2 rings (SSSR count). The predicted octanol–water partition coefficient (Wildman–Crippen LogP) is 4.33. The molecular formula is C20H35N3O3. The maximum Gasteiger partial charge on any atom is 0.332 e. The number of hydrogen-bond donors (Lipinski definition) is 0. The Morgan fingerprint density at radius 2 is 1.92 bits per heavy atom. The van der Waals surface area contributed by atoms with Crippen LogP contribution in [0.5, 0.6) is 0 Å². The topological polar surface area (TPSA) is 66.2 Å². The molecule has 0 saturated heterocycles. The van der Waals surface area contributed by atoms with E-state index in [9.17, 15) is 4.79 Å². The summed E-state index contributed by atoms with van der Waals surface area (Å²) in [5, 5.41) is 8.81. The summed E-state index contributed by atoms with van der Waals surface area (Å²) in [5.41, 5.74) is 1.46. The summed E-state index contributed by atoms with van der Waals surface area (Å²) < 4.78 is 13.5. The monoisotopic (exact) mass is 365 g/mol. The summed E-state index contributed by atoms with van der Waals surface area (Å²) in [4.78, 5) is 12.2. The van der Waals surface area contributed by atoms with Gasteiger partial charge in [0.2, 0.25) is 0 Å². The van der Waals surface area contributed by atoms with Crippen molar-refractivity contribution in [3.8, 4) is 0 Å². The fourth-order valence-electron chi connectivity index (χ4n) is 3.59. The Balaban J connectivity index is 2.08. The van der Waals surface area contributed by atoms with Crippen molar-refractivity contribution in [1.29, 1.82) is 0 Å². The van der Waals surface area contributed by atoms with Gasteiger partial charge in [-0.15, -0.1) is 5.10 Å². The quantitative estimate of drug-likeness (QED) is 0.702. The van der Waals surface area contributed by atoms with Crippen LogP contribution in [-0.2, 0) is 26.2 Å². The van der Waals surface area contributed by atoms with Crippen LogP contribution in [0.15, 0.2) is 0 Å². The summed E-state index contributed by atoms with van der Waals surface area (Å²) in [6.07, 6.45) is 6.80. The second-order valence-electron chi connectivity index (χ2n) is 8.89. The van der Waals surface area contributed by atoms with Crippen LogP contribution in [0.3, 0.4) is 0 Å². The van der Waals surface area contributed by atoms with Crippen molar-refractivity contribution < 1.29 is 14.3 Å². The number of carbonyl (C=O) groups is 1. The third-order valence-electron chi connectivity index (χ3n) is 4.76. The second-order valence-corrected chi connectivity index (χ2v) is 8.89. The highest BCUT2D eigenvalue weighted by atomic mass is 16.6. The number of carbonyl (C=O) groups excluding carboxylic acids is 1. The van der Waals surface area contributed by atoms with Crippen LogP contribution < -0.4 is 0 Å². The van der Waals surface area contributed by atoms with E-state index in [1.54, 1.807) is 0 Å². The Morgan fingerprint density at radius 3 is 2.58 bits per heavy atom. The van der Waals surface area contributed by atoms with E-state index in [2.05, 4.69) is 38.0 Å². The molecule has 1 aromatic heterocycles. The lowest BCUT2D eigenvalue weighted by Crippen LogP contribution is -2.30. The highest BCUT2D eigenvalue weighted by Gasteiger charge is 2.29. The van der Waals surface area contributed by atoms with Gasteiger partial charge in [0.05, 0.1) is 11.2 Å². The van der Waals surface area contributed by atoms with Crippen molar-refractivity contribution in [3.05, 3.63) is 11.4 Å². The Hall–Kier alpha value is -1.43. The van der Waals surface area contributed by atoms with E-state index in [-0.39, 0.29) is 24.2 Å². The number of rotatable bonds is 6. The molecule has 0 bridgehead atoms. The van der Waals surface area contributed by atoms with Crippen LogP contribution >= 0.6 is 0 Å². The van der Waals surface area contributed by atoms with E-state index in [1.807, 2.05) is 18.5 Å². The van der Waals surface area contributed by atoms with Gasteiger partial charge in [-0.1, -0.05) is 31.4 Å². The van der Waals surface area contributed by atoms with Crippen LogP contribution in [0.2, 0.25) is 0 Å². The molecule has 0 amide bonds. The van der Waals surface area contributed by atoms with Gasteiger partial charge in [-0.3, -0.25) is 0 Å². The van der Waals surface area contributed by atoms with Gasteiger partial charge >= 0.3 is 5.97 Å². The van der Waals surface area contributed by atoms with Crippen LogP contribution in [0.4, 0.5) is 0 Å². The second kappa shape index (κ2) is 8.51. The molecule has 0 N–H and O–H groups in total. The number of esters is 1. The lowest BCUT2D eigenvalue weighted by molar-refractivity contribution is -0.164. The average molecular weight is 366 g/mol. The van der Waals surface area contributed by atoms with Gasteiger partial charge in [-0.05, 0) is 60.3 Å². The molecule has 0 spiro atoms. The first-order valence-electron chi connectivity index (χ1n) is 9.92. The van der Waals surface area contributed by atoms with Crippen molar-refractivity contribution in [2.75, 3.05) is 6.61 Å². The number of hydrogen-bond acceptors (Lipinski definition) is 5. The third-order valence-corrected chi connectivity index (χ3v) is 4.76. The van der Waals surface area contributed by atoms with Crippen molar-refractivity contribution >= 4 is 5.97 Å². The zero-order chi connectivity index (χ0) is 19.4. The van der Waals surface area contributed by atoms with Crippen LogP contribution in [0.1, 0.15) is 97.6 Å². The van der Waals surface area contributed by atoms with E-state index < -0.39 is 5.60 Å². The molecule has 1 aliphatic carbocycles. The lowest BCUT2D eigenvalue weighted by atomic mass is 9.97. The molecule has 0 saturated carbocycles. The molecule has 0 aliphatic heterocycles. The first kappa shape index (κ1) is 20.9. The Morgan fingerprint density at radius 1 is 1.19 bits per heavy atom. The highest BCUT2D eigenvalue weighted by molar-refractivity contribution is 5.71. The van der Waals surface area contributed by atoms with Gasteiger partial charge in [0.1, 0.15) is 24.0 Å². The van der Waals surface area contributed by atoms with E-state index in [1.165, 1.54) is 0 Å². The van der Waals surface area contributed by atoms with Gasteiger partial charge < -0.3 is 9.47 Å². The lowest BCUT2D eigenvalue weighted by Gasteiger charge is -2.26. The highest BCUT2D eigenvalue weighted by Crippen LogP contribution is 2.31. The first-order valence-corrected chi connectivity index (χ1v) is 9.92. The van der Waals surface area contributed by atoms with E-state index in [0.717, 1.165) is 56.3 Å². The fraction of sp³-hybridized carbons (Fsp3) is 0.850. The number of nitrogens with zero attached hydrogens (tertiary/aromatic N) is 3. The molecule has 26 heavy (non-hydrogen) atoms. The molecule has 1 aliphatic rings. The molecule has 0 aromatic carbocycles. The van der Waals surface area contributed by atoms with E-state index in [0.29, 0.717) is 0 Å². The predicted molar refractivity (Wildman–Crippen MR) is 101 cm³/mol. The minimum absolute atomic E-state index is 0.0420. The molecular weight excluding hydrogens is 330 g/mol. The van der Waals surface area contributed by atoms with Gasteiger partial charge in [0.25, 0.3) is 0 Å². The molecule has 1 atom stereocenters. The fourth-order valence-corrected chi connectivity index (χ4v) is 3.59.